The maximum absolute atomic E-state index is 12.5. The van der Waals surface area contributed by atoms with E-state index in [-0.39, 0.29) is 11.1 Å². The predicted octanol–water partition coefficient (Wildman–Crippen LogP) is 3.56. The van der Waals surface area contributed by atoms with Gasteiger partial charge in [0.2, 0.25) is 0 Å². The Hall–Kier alpha value is -2.05. The quantitative estimate of drug-likeness (QED) is 0.938. The molecule has 4 nitrogen and oxygen atoms in total. The van der Waals surface area contributed by atoms with Gasteiger partial charge in [0, 0.05) is 6.04 Å². The molecule has 1 aromatic heterocycles. The minimum atomic E-state index is -4.28. The fraction of sp³-hybridized carbons (Fsp3) is 0.385. The Morgan fingerprint density at radius 3 is 2.65 bits per heavy atom. The standard InChI is InChI=1S/C13H13F3N2O2/c1-7(6-13(14,15)16)18-8(2)17-11-9(12(19)20)4-3-5-10(11)18/h3-5,7H,6H2,1-2H3,(H,19,20). The normalized spacial score (nSPS) is 13.7. The second-order valence-corrected chi connectivity index (χ2v) is 4.68. The van der Waals surface area contributed by atoms with Crippen LogP contribution < -0.4 is 0 Å². The molecular weight excluding hydrogens is 273 g/mol. The van der Waals surface area contributed by atoms with Crippen LogP contribution in [0.25, 0.3) is 11.0 Å². The van der Waals surface area contributed by atoms with Crippen LogP contribution in [0.15, 0.2) is 18.2 Å². The van der Waals surface area contributed by atoms with Gasteiger partial charge in [0.05, 0.1) is 17.5 Å². The summed E-state index contributed by atoms with van der Waals surface area (Å²) in [5.74, 6) is -0.783. The van der Waals surface area contributed by atoms with Gasteiger partial charge in [-0.2, -0.15) is 13.2 Å². The first-order valence-electron chi connectivity index (χ1n) is 5.98. The smallest absolute Gasteiger partial charge is 0.391 e. The molecule has 0 saturated heterocycles. The number of carboxylic acids is 1. The molecule has 0 amide bonds. The number of benzene rings is 1. The van der Waals surface area contributed by atoms with Crippen molar-refractivity contribution in [1.29, 1.82) is 0 Å². The minimum Gasteiger partial charge on any atom is -0.478 e. The molecule has 0 fully saturated rings. The van der Waals surface area contributed by atoms with Gasteiger partial charge in [0.1, 0.15) is 11.3 Å². The number of aryl methyl sites for hydroxylation is 1. The first-order chi connectivity index (χ1) is 9.20. The number of carboxylic acid groups (broad SMARTS) is 1. The third kappa shape index (κ3) is 2.61. The minimum absolute atomic E-state index is 0.0106. The van der Waals surface area contributed by atoms with Gasteiger partial charge in [-0.15, -0.1) is 0 Å². The lowest BCUT2D eigenvalue weighted by molar-refractivity contribution is -0.141. The molecule has 0 aliphatic rings. The Labute approximate surface area is 112 Å². The van der Waals surface area contributed by atoms with Gasteiger partial charge in [-0.05, 0) is 26.0 Å². The zero-order valence-electron chi connectivity index (χ0n) is 10.9. The summed E-state index contributed by atoms with van der Waals surface area (Å²) < 4.78 is 39.0. The lowest BCUT2D eigenvalue weighted by Gasteiger charge is -2.18. The molecule has 0 radical (unpaired) electrons. The molecular formula is C13H13F3N2O2. The summed E-state index contributed by atoms with van der Waals surface area (Å²) in [5.41, 5.74) is 0.606. The van der Waals surface area contributed by atoms with Gasteiger partial charge in [0.15, 0.2) is 0 Å². The average molecular weight is 286 g/mol. The number of carbonyl (C=O) groups is 1. The van der Waals surface area contributed by atoms with E-state index in [0.717, 1.165) is 0 Å². The van der Waals surface area contributed by atoms with E-state index in [9.17, 15) is 18.0 Å². The first-order valence-corrected chi connectivity index (χ1v) is 5.98. The van der Waals surface area contributed by atoms with Gasteiger partial charge in [0.25, 0.3) is 0 Å². The molecule has 108 valence electrons. The first kappa shape index (κ1) is 14.4. The number of rotatable bonds is 3. The van der Waals surface area contributed by atoms with Crippen molar-refractivity contribution < 1.29 is 23.1 Å². The summed E-state index contributed by atoms with van der Waals surface area (Å²) in [4.78, 5) is 15.2. The van der Waals surface area contributed by atoms with Gasteiger partial charge >= 0.3 is 12.1 Å². The fourth-order valence-electron chi connectivity index (χ4n) is 2.39. The number of imidazole rings is 1. The van der Waals surface area contributed by atoms with E-state index in [1.54, 1.807) is 13.0 Å². The highest BCUT2D eigenvalue weighted by molar-refractivity contribution is 6.01. The zero-order chi connectivity index (χ0) is 15.1. The van der Waals surface area contributed by atoms with Crippen LogP contribution in [0, 0.1) is 6.92 Å². The summed E-state index contributed by atoms with van der Waals surface area (Å²) in [6.07, 6.45) is -5.27. The van der Waals surface area contributed by atoms with Gasteiger partial charge in [-0.25, -0.2) is 9.78 Å². The number of alkyl halides is 3. The maximum Gasteiger partial charge on any atom is 0.391 e. The van der Waals surface area contributed by atoms with Crippen molar-refractivity contribution in [2.24, 2.45) is 0 Å². The molecule has 0 bridgehead atoms. The van der Waals surface area contributed by atoms with Crippen molar-refractivity contribution in [1.82, 2.24) is 9.55 Å². The second-order valence-electron chi connectivity index (χ2n) is 4.68. The number of halogens is 3. The summed E-state index contributed by atoms with van der Waals surface area (Å²) in [6, 6.07) is 3.62. The molecule has 20 heavy (non-hydrogen) atoms. The zero-order valence-corrected chi connectivity index (χ0v) is 10.9. The van der Waals surface area contributed by atoms with Crippen LogP contribution in [0.4, 0.5) is 13.2 Å². The van der Waals surface area contributed by atoms with Crippen molar-refractivity contribution in [2.75, 3.05) is 0 Å². The highest BCUT2D eigenvalue weighted by atomic mass is 19.4. The Balaban J connectivity index is 2.57. The van der Waals surface area contributed by atoms with E-state index in [4.69, 9.17) is 5.11 Å². The summed E-state index contributed by atoms with van der Waals surface area (Å²) in [5, 5.41) is 9.08. The second kappa shape index (κ2) is 4.81. The number of aromatic nitrogens is 2. The van der Waals surface area contributed by atoms with E-state index in [1.807, 2.05) is 0 Å². The Morgan fingerprint density at radius 1 is 1.45 bits per heavy atom. The van der Waals surface area contributed by atoms with E-state index < -0.39 is 24.6 Å². The van der Waals surface area contributed by atoms with Crippen LogP contribution in [0.2, 0.25) is 0 Å². The topological polar surface area (TPSA) is 55.1 Å². The van der Waals surface area contributed by atoms with Gasteiger partial charge < -0.3 is 9.67 Å². The lowest BCUT2D eigenvalue weighted by Crippen LogP contribution is -2.17. The number of hydrogen-bond acceptors (Lipinski definition) is 2. The van der Waals surface area contributed by atoms with Gasteiger partial charge in [-0.3, -0.25) is 0 Å². The number of nitrogens with zero attached hydrogens (tertiary/aromatic N) is 2. The Kier molecular flexibility index (Phi) is 3.45. The van der Waals surface area contributed by atoms with Crippen LogP contribution in [-0.2, 0) is 0 Å². The van der Waals surface area contributed by atoms with Crippen LogP contribution in [0.5, 0.6) is 0 Å². The highest BCUT2D eigenvalue weighted by Gasteiger charge is 2.32. The number of hydrogen-bond donors (Lipinski definition) is 1. The van der Waals surface area contributed by atoms with E-state index in [2.05, 4.69) is 4.98 Å². The average Bonchev–Trinajstić information content (AvgIpc) is 2.61. The van der Waals surface area contributed by atoms with Crippen molar-refractivity contribution >= 4 is 17.0 Å². The maximum atomic E-state index is 12.5. The van der Waals surface area contributed by atoms with Crippen molar-refractivity contribution in [2.45, 2.75) is 32.5 Å². The van der Waals surface area contributed by atoms with E-state index in [0.29, 0.717) is 11.3 Å². The molecule has 1 heterocycles. The molecule has 0 aliphatic heterocycles. The summed E-state index contributed by atoms with van der Waals surface area (Å²) in [6.45, 7) is 3.01. The largest absolute Gasteiger partial charge is 0.478 e. The van der Waals surface area contributed by atoms with E-state index >= 15 is 0 Å². The van der Waals surface area contributed by atoms with E-state index in [1.165, 1.54) is 23.6 Å². The fourth-order valence-corrected chi connectivity index (χ4v) is 2.39. The third-order valence-corrected chi connectivity index (χ3v) is 3.09. The monoisotopic (exact) mass is 286 g/mol. The highest BCUT2D eigenvalue weighted by Crippen LogP contribution is 2.31. The summed E-state index contributed by atoms with van der Waals surface area (Å²) >= 11 is 0. The molecule has 0 spiro atoms. The van der Waals surface area contributed by atoms with Crippen molar-refractivity contribution in [3.8, 4) is 0 Å². The molecule has 2 rings (SSSR count). The number of para-hydroxylation sites is 1. The molecule has 2 aromatic rings. The van der Waals surface area contributed by atoms with Crippen molar-refractivity contribution in [3.05, 3.63) is 29.6 Å². The van der Waals surface area contributed by atoms with Crippen LogP contribution in [-0.4, -0.2) is 26.8 Å². The predicted molar refractivity (Wildman–Crippen MR) is 66.8 cm³/mol. The Morgan fingerprint density at radius 2 is 2.10 bits per heavy atom. The van der Waals surface area contributed by atoms with Crippen LogP contribution in [0.1, 0.15) is 35.6 Å². The SMILES string of the molecule is Cc1nc2c(C(=O)O)cccc2n1C(C)CC(F)(F)F. The summed E-state index contributed by atoms with van der Waals surface area (Å²) in [7, 11) is 0. The molecule has 7 heteroatoms. The molecule has 0 saturated carbocycles. The molecule has 1 unspecified atom stereocenters. The molecule has 0 aliphatic carbocycles. The van der Waals surface area contributed by atoms with Crippen LogP contribution >= 0.6 is 0 Å². The number of fused-ring (bicyclic) bond motifs is 1. The molecule has 1 aromatic carbocycles. The van der Waals surface area contributed by atoms with Gasteiger partial charge in [-0.1, -0.05) is 6.07 Å². The number of aromatic carboxylic acids is 1. The van der Waals surface area contributed by atoms with Crippen molar-refractivity contribution in [3.63, 3.8) is 0 Å². The molecule has 1 atom stereocenters. The lowest BCUT2D eigenvalue weighted by atomic mass is 10.1. The molecule has 1 N–H and O–H groups in total. The third-order valence-electron chi connectivity index (χ3n) is 3.09. The Bertz CT molecular complexity index is 661. The van der Waals surface area contributed by atoms with Crippen LogP contribution in [0.3, 0.4) is 0 Å².